The Bertz CT molecular complexity index is 3190. The van der Waals surface area contributed by atoms with Crippen molar-refractivity contribution in [1.82, 2.24) is 0 Å². The van der Waals surface area contributed by atoms with Gasteiger partial charge in [0.05, 0.1) is 0 Å². The average molecular weight is 720 g/mol. The molecule has 0 N–H and O–H groups in total. The van der Waals surface area contributed by atoms with Crippen molar-refractivity contribution in [3.8, 4) is 33.4 Å². The highest BCUT2D eigenvalue weighted by Gasteiger charge is 2.18. The first-order chi connectivity index (χ1) is 27.3. The van der Waals surface area contributed by atoms with Gasteiger partial charge in [0, 0.05) is 53.6 Å². The highest BCUT2D eigenvalue weighted by Crippen LogP contribution is 2.44. The summed E-state index contributed by atoms with van der Waals surface area (Å²) in [7, 11) is 0. The molecule has 0 spiro atoms. The number of anilines is 3. The van der Waals surface area contributed by atoms with Crippen LogP contribution in [0.2, 0.25) is 0 Å². The molecule has 0 saturated carbocycles. The van der Waals surface area contributed by atoms with E-state index in [0.29, 0.717) is 0 Å². The van der Waals surface area contributed by atoms with Crippen LogP contribution in [-0.2, 0) is 0 Å². The third-order valence-electron chi connectivity index (χ3n) is 10.9. The molecule has 3 heteroatoms. The minimum Gasteiger partial charge on any atom is -0.455 e. The van der Waals surface area contributed by atoms with Gasteiger partial charge < -0.3 is 9.32 Å². The third-order valence-corrected chi connectivity index (χ3v) is 12.1. The van der Waals surface area contributed by atoms with Crippen molar-refractivity contribution in [2.24, 2.45) is 0 Å². The van der Waals surface area contributed by atoms with Crippen molar-refractivity contribution in [2.75, 3.05) is 4.90 Å². The first-order valence-corrected chi connectivity index (χ1v) is 19.5. The lowest BCUT2D eigenvalue weighted by Gasteiger charge is -2.26. The minimum absolute atomic E-state index is 0.909. The van der Waals surface area contributed by atoms with E-state index in [2.05, 4.69) is 193 Å². The van der Waals surface area contributed by atoms with Gasteiger partial charge in [0.15, 0.2) is 0 Å². The molecule has 9 aromatic carbocycles. The van der Waals surface area contributed by atoms with E-state index < -0.39 is 0 Å². The van der Waals surface area contributed by atoms with Crippen LogP contribution in [0.5, 0.6) is 0 Å². The number of benzene rings is 9. The molecule has 0 unspecified atom stereocenters. The summed E-state index contributed by atoms with van der Waals surface area (Å²) in [5.74, 6) is 0. The van der Waals surface area contributed by atoms with Gasteiger partial charge in [0.2, 0.25) is 0 Å². The SMILES string of the molecule is c1ccc(-c2cccc(N(c3ccc(-c4cccc5c4oc4ccccc45)cc3)c3ccc(-c4cccc5sc6c7ccccc7ccc6c45)cc3)c2)cc1. The summed E-state index contributed by atoms with van der Waals surface area (Å²) in [6.07, 6.45) is 0. The summed E-state index contributed by atoms with van der Waals surface area (Å²) in [5, 5.41) is 7.51. The summed E-state index contributed by atoms with van der Waals surface area (Å²) in [6, 6.07) is 72.0. The number of fused-ring (bicyclic) bond motifs is 8. The number of thiophene rings is 1. The molecule has 0 aliphatic carbocycles. The standard InChI is InChI=1S/C52H33NOS/c1-2-11-34(12-3-1)38-14-8-15-41(33-38)53(40-30-25-37(26-31-40)43-19-9-20-46-45-17-6-7-21-48(45)54-51(43)46)39-28-23-36(24-29-39)42-18-10-22-49-50(42)47-32-27-35-13-4-5-16-44(35)52(47)55-49/h1-33H. The summed E-state index contributed by atoms with van der Waals surface area (Å²) in [5.41, 5.74) is 12.1. The number of hydrogen-bond acceptors (Lipinski definition) is 3. The van der Waals surface area contributed by atoms with Crippen molar-refractivity contribution < 1.29 is 4.42 Å². The minimum atomic E-state index is 0.909. The van der Waals surface area contributed by atoms with Crippen molar-refractivity contribution in [3.63, 3.8) is 0 Å². The van der Waals surface area contributed by atoms with E-state index >= 15 is 0 Å². The van der Waals surface area contributed by atoms with Crippen LogP contribution in [0.1, 0.15) is 0 Å². The largest absolute Gasteiger partial charge is 0.455 e. The molecule has 0 atom stereocenters. The molecular formula is C52H33NOS. The fourth-order valence-corrected chi connectivity index (χ4v) is 9.52. The molecule has 11 aromatic rings. The van der Waals surface area contributed by atoms with Gasteiger partial charge in [-0.05, 0) is 87.1 Å². The predicted molar refractivity (Wildman–Crippen MR) is 235 cm³/mol. The van der Waals surface area contributed by atoms with Crippen LogP contribution in [0, 0.1) is 0 Å². The van der Waals surface area contributed by atoms with Crippen molar-refractivity contribution in [1.29, 1.82) is 0 Å². The maximum absolute atomic E-state index is 6.41. The molecule has 0 aliphatic rings. The van der Waals surface area contributed by atoms with Crippen molar-refractivity contribution >= 4 is 81.3 Å². The Morgan fingerprint density at radius 3 is 1.84 bits per heavy atom. The fourth-order valence-electron chi connectivity index (χ4n) is 8.25. The number of nitrogens with zero attached hydrogens (tertiary/aromatic N) is 1. The van der Waals surface area contributed by atoms with Crippen molar-refractivity contribution in [2.45, 2.75) is 0 Å². The molecule has 258 valence electrons. The molecule has 11 rings (SSSR count). The molecule has 0 radical (unpaired) electrons. The Morgan fingerprint density at radius 1 is 0.382 bits per heavy atom. The molecule has 0 saturated heterocycles. The Hall–Kier alpha value is -6.94. The van der Waals surface area contributed by atoms with Gasteiger partial charge in [-0.3, -0.25) is 0 Å². The first kappa shape index (κ1) is 31.6. The van der Waals surface area contributed by atoms with Crippen LogP contribution >= 0.6 is 11.3 Å². The maximum Gasteiger partial charge on any atom is 0.143 e. The van der Waals surface area contributed by atoms with E-state index in [-0.39, 0.29) is 0 Å². The van der Waals surface area contributed by atoms with Crippen LogP contribution < -0.4 is 4.90 Å². The quantitative estimate of drug-likeness (QED) is 0.170. The smallest absolute Gasteiger partial charge is 0.143 e. The van der Waals surface area contributed by atoms with E-state index in [1.165, 1.54) is 53.2 Å². The lowest BCUT2D eigenvalue weighted by atomic mass is 9.97. The number of furan rings is 1. The van der Waals surface area contributed by atoms with Gasteiger partial charge >= 0.3 is 0 Å². The molecule has 2 aromatic heterocycles. The maximum atomic E-state index is 6.41. The second-order valence-corrected chi connectivity index (χ2v) is 15.1. The highest BCUT2D eigenvalue weighted by atomic mass is 32.1. The highest BCUT2D eigenvalue weighted by molar-refractivity contribution is 7.26. The van der Waals surface area contributed by atoms with Gasteiger partial charge in [-0.15, -0.1) is 11.3 Å². The number of hydrogen-bond donors (Lipinski definition) is 0. The van der Waals surface area contributed by atoms with Crippen LogP contribution in [0.3, 0.4) is 0 Å². The predicted octanol–water partition coefficient (Wildman–Crippen LogP) is 15.6. The van der Waals surface area contributed by atoms with Gasteiger partial charge in [-0.2, -0.15) is 0 Å². The van der Waals surface area contributed by atoms with E-state index in [0.717, 1.165) is 50.1 Å². The summed E-state index contributed by atoms with van der Waals surface area (Å²) >= 11 is 1.89. The normalized spacial score (nSPS) is 11.6. The zero-order valence-electron chi connectivity index (χ0n) is 29.8. The summed E-state index contributed by atoms with van der Waals surface area (Å²) < 4.78 is 9.07. The van der Waals surface area contributed by atoms with E-state index in [1.807, 2.05) is 23.5 Å². The molecule has 55 heavy (non-hydrogen) atoms. The Kier molecular flexibility index (Phi) is 7.39. The Balaban J connectivity index is 1.02. The van der Waals surface area contributed by atoms with Crippen LogP contribution in [-0.4, -0.2) is 0 Å². The second-order valence-electron chi connectivity index (χ2n) is 14.1. The average Bonchev–Trinajstić information content (AvgIpc) is 3.84. The van der Waals surface area contributed by atoms with E-state index in [9.17, 15) is 0 Å². The van der Waals surface area contributed by atoms with Gasteiger partial charge in [-0.25, -0.2) is 0 Å². The molecule has 0 fully saturated rings. The van der Waals surface area contributed by atoms with Crippen molar-refractivity contribution in [3.05, 3.63) is 200 Å². The Morgan fingerprint density at radius 2 is 1.02 bits per heavy atom. The van der Waals surface area contributed by atoms with E-state index in [1.54, 1.807) is 0 Å². The van der Waals surface area contributed by atoms with E-state index in [4.69, 9.17) is 4.42 Å². The van der Waals surface area contributed by atoms with Crippen LogP contribution in [0.4, 0.5) is 17.1 Å². The topological polar surface area (TPSA) is 16.4 Å². The van der Waals surface area contributed by atoms with Crippen LogP contribution in [0.25, 0.3) is 86.3 Å². The summed E-state index contributed by atoms with van der Waals surface area (Å²) in [4.78, 5) is 2.36. The first-order valence-electron chi connectivity index (χ1n) is 18.7. The molecule has 2 nitrogen and oxygen atoms in total. The molecule has 2 heterocycles. The summed E-state index contributed by atoms with van der Waals surface area (Å²) in [6.45, 7) is 0. The van der Waals surface area contributed by atoms with Crippen LogP contribution in [0.15, 0.2) is 205 Å². The lowest BCUT2D eigenvalue weighted by Crippen LogP contribution is -2.10. The molecule has 0 aliphatic heterocycles. The lowest BCUT2D eigenvalue weighted by molar-refractivity contribution is 0.670. The van der Waals surface area contributed by atoms with Gasteiger partial charge in [-0.1, -0.05) is 152 Å². The Labute approximate surface area is 322 Å². The van der Waals surface area contributed by atoms with Gasteiger partial charge in [0.25, 0.3) is 0 Å². The number of rotatable bonds is 6. The molecule has 0 amide bonds. The second kappa shape index (κ2) is 12.9. The fraction of sp³-hybridized carbons (Fsp3) is 0. The van der Waals surface area contributed by atoms with Gasteiger partial charge in [0.1, 0.15) is 11.2 Å². The molecule has 0 bridgehead atoms. The number of para-hydroxylation sites is 2. The zero-order chi connectivity index (χ0) is 36.3. The molecular weight excluding hydrogens is 687 g/mol. The zero-order valence-corrected chi connectivity index (χ0v) is 30.6. The monoisotopic (exact) mass is 719 g/mol. The third kappa shape index (κ3) is 5.32.